The summed E-state index contributed by atoms with van der Waals surface area (Å²) in [6.45, 7) is 11.2. The summed E-state index contributed by atoms with van der Waals surface area (Å²) in [5.74, 6) is 0.857. The number of rotatable bonds is 5. The SMILES string of the molecule is CC1CCCC(CNC(C)C)(CN2CCC(O)C2)C1. The van der Waals surface area contributed by atoms with Crippen LogP contribution in [0.4, 0.5) is 0 Å². The zero-order chi connectivity index (χ0) is 13.9. The third-order valence-corrected chi connectivity index (χ3v) is 4.88. The number of aliphatic hydroxyl groups excluding tert-OH is 1. The van der Waals surface area contributed by atoms with Crippen molar-refractivity contribution in [2.75, 3.05) is 26.2 Å². The Morgan fingerprint density at radius 2 is 2.16 bits per heavy atom. The molecule has 0 aromatic heterocycles. The van der Waals surface area contributed by atoms with Crippen LogP contribution in [0.2, 0.25) is 0 Å². The fourth-order valence-corrected chi connectivity index (χ4v) is 3.98. The quantitative estimate of drug-likeness (QED) is 0.803. The summed E-state index contributed by atoms with van der Waals surface area (Å²) in [4.78, 5) is 2.49. The van der Waals surface area contributed by atoms with Crippen molar-refractivity contribution >= 4 is 0 Å². The zero-order valence-corrected chi connectivity index (χ0v) is 13.0. The molecule has 2 aliphatic rings. The van der Waals surface area contributed by atoms with Gasteiger partial charge in [0.1, 0.15) is 0 Å². The van der Waals surface area contributed by atoms with Crippen molar-refractivity contribution in [3.63, 3.8) is 0 Å². The van der Waals surface area contributed by atoms with Crippen molar-refractivity contribution < 1.29 is 5.11 Å². The fraction of sp³-hybridized carbons (Fsp3) is 1.00. The molecule has 0 radical (unpaired) electrons. The summed E-state index contributed by atoms with van der Waals surface area (Å²) >= 11 is 0. The van der Waals surface area contributed by atoms with Gasteiger partial charge < -0.3 is 15.3 Å². The van der Waals surface area contributed by atoms with Crippen molar-refractivity contribution in [2.45, 2.75) is 65.0 Å². The van der Waals surface area contributed by atoms with E-state index < -0.39 is 0 Å². The highest BCUT2D eigenvalue weighted by molar-refractivity contribution is 4.92. The second-order valence-corrected chi connectivity index (χ2v) is 7.41. The van der Waals surface area contributed by atoms with Gasteiger partial charge in [0.05, 0.1) is 6.10 Å². The second-order valence-electron chi connectivity index (χ2n) is 7.41. The van der Waals surface area contributed by atoms with Gasteiger partial charge in [-0.3, -0.25) is 0 Å². The van der Waals surface area contributed by atoms with Crippen LogP contribution in [0.15, 0.2) is 0 Å². The maximum Gasteiger partial charge on any atom is 0.0679 e. The molecule has 3 heteroatoms. The maximum atomic E-state index is 9.73. The predicted octanol–water partition coefficient (Wildman–Crippen LogP) is 2.25. The standard InChI is InChI=1S/C16H32N2O/c1-13(2)17-11-16(7-4-5-14(3)9-16)12-18-8-6-15(19)10-18/h13-15,17,19H,4-12H2,1-3H3. The van der Waals surface area contributed by atoms with E-state index in [4.69, 9.17) is 0 Å². The first-order valence-corrected chi connectivity index (χ1v) is 8.13. The number of aliphatic hydroxyl groups is 1. The van der Waals surface area contributed by atoms with Crippen molar-refractivity contribution in [1.82, 2.24) is 10.2 Å². The molecular weight excluding hydrogens is 236 g/mol. The molecule has 3 nitrogen and oxygen atoms in total. The van der Waals surface area contributed by atoms with Crippen LogP contribution in [0.1, 0.15) is 52.9 Å². The summed E-state index contributed by atoms with van der Waals surface area (Å²) in [5, 5.41) is 13.4. The van der Waals surface area contributed by atoms with Crippen LogP contribution < -0.4 is 5.32 Å². The maximum absolute atomic E-state index is 9.73. The number of nitrogens with zero attached hydrogens (tertiary/aromatic N) is 1. The summed E-state index contributed by atoms with van der Waals surface area (Å²) in [6, 6.07) is 0.568. The molecule has 3 atom stereocenters. The lowest BCUT2D eigenvalue weighted by atomic mass is 9.69. The number of nitrogens with one attached hydrogen (secondary N) is 1. The summed E-state index contributed by atoms with van der Waals surface area (Å²) in [6.07, 6.45) is 6.34. The molecule has 1 heterocycles. The minimum absolute atomic E-state index is 0.0869. The molecule has 112 valence electrons. The highest BCUT2D eigenvalue weighted by Crippen LogP contribution is 2.40. The van der Waals surface area contributed by atoms with Crippen molar-refractivity contribution in [2.24, 2.45) is 11.3 Å². The van der Waals surface area contributed by atoms with Crippen LogP contribution in [0.25, 0.3) is 0 Å². The van der Waals surface area contributed by atoms with Crippen LogP contribution in [0, 0.1) is 11.3 Å². The van der Waals surface area contributed by atoms with Crippen LogP contribution in [-0.4, -0.2) is 48.3 Å². The van der Waals surface area contributed by atoms with Gasteiger partial charge in [0.2, 0.25) is 0 Å². The first-order chi connectivity index (χ1) is 8.99. The predicted molar refractivity (Wildman–Crippen MR) is 80.3 cm³/mol. The van der Waals surface area contributed by atoms with Gasteiger partial charge in [-0.15, -0.1) is 0 Å². The van der Waals surface area contributed by atoms with Crippen LogP contribution in [-0.2, 0) is 0 Å². The minimum Gasteiger partial charge on any atom is -0.392 e. The number of β-amino-alcohol motifs (C(OH)–C–C–N with tert-alkyl or cyclic N) is 1. The molecular formula is C16H32N2O. The Balaban J connectivity index is 1.96. The van der Waals surface area contributed by atoms with E-state index in [1.54, 1.807) is 0 Å². The summed E-state index contributed by atoms with van der Waals surface area (Å²) in [5.41, 5.74) is 0.437. The monoisotopic (exact) mass is 268 g/mol. The minimum atomic E-state index is -0.0869. The average Bonchev–Trinajstić information content (AvgIpc) is 2.72. The molecule has 3 unspecified atom stereocenters. The van der Waals surface area contributed by atoms with Gasteiger partial charge in [-0.2, -0.15) is 0 Å². The van der Waals surface area contributed by atoms with Gasteiger partial charge in [0.25, 0.3) is 0 Å². The first-order valence-electron chi connectivity index (χ1n) is 8.13. The molecule has 1 saturated heterocycles. The van der Waals surface area contributed by atoms with Gasteiger partial charge >= 0.3 is 0 Å². The van der Waals surface area contributed by atoms with E-state index in [2.05, 4.69) is 31.0 Å². The fourth-order valence-electron chi connectivity index (χ4n) is 3.98. The van der Waals surface area contributed by atoms with E-state index in [9.17, 15) is 5.11 Å². The lowest BCUT2D eigenvalue weighted by molar-refractivity contribution is 0.0809. The van der Waals surface area contributed by atoms with Crippen LogP contribution in [0.3, 0.4) is 0 Å². The smallest absolute Gasteiger partial charge is 0.0679 e. The van der Waals surface area contributed by atoms with Crippen molar-refractivity contribution in [3.05, 3.63) is 0 Å². The third-order valence-electron chi connectivity index (χ3n) is 4.88. The normalized spacial score (nSPS) is 37.1. The number of hydrogen-bond acceptors (Lipinski definition) is 3. The van der Waals surface area contributed by atoms with E-state index in [0.717, 1.165) is 32.0 Å². The lowest BCUT2D eigenvalue weighted by Crippen LogP contribution is -2.47. The Hall–Kier alpha value is -0.120. The first kappa shape index (κ1) is 15.3. The second kappa shape index (κ2) is 6.55. The average molecular weight is 268 g/mol. The molecule has 2 rings (SSSR count). The molecule has 0 amide bonds. The number of hydrogen-bond donors (Lipinski definition) is 2. The Labute approximate surface area is 118 Å². The Morgan fingerprint density at radius 1 is 1.37 bits per heavy atom. The Kier molecular flexibility index (Phi) is 5.27. The topological polar surface area (TPSA) is 35.5 Å². The van der Waals surface area contributed by atoms with E-state index in [-0.39, 0.29) is 6.10 Å². The lowest BCUT2D eigenvalue weighted by Gasteiger charge is -2.43. The third kappa shape index (κ3) is 4.44. The zero-order valence-electron chi connectivity index (χ0n) is 13.0. The van der Waals surface area contributed by atoms with Gasteiger partial charge in [-0.05, 0) is 30.6 Å². The van der Waals surface area contributed by atoms with E-state index in [1.807, 2.05) is 0 Å². The Bertz CT molecular complexity index is 282. The summed E-state index contributed by atoms with van der Waals surface area (Å²) in [7, 11) is 0. The number of likely N-dealkylation sites (tertiary alicyclic amines) is 1. The van der Waals surface area contributed by atoms with Crippen molar-refractivity contribution in [1.29, 1.82) is 0 Å². The van der Waals surface area contributed by atoms with Gasteiger partial charge in [-0.25, -0.2) is 0 Å². The van der Waals surface area contributed by atoms with E-state index in [0.29, 0.717) is 11.5 Å². The molecule has 0 spiro atoms. The molecule has 1 aliphatic heterocycles. The van der Waals surface area contributed by atoms with Crippen LogP contribution in [0.5, 0.6) is 0 Å². The van der Waals surface area contributed by atoms with Gasteiger partial charge in [0.15, 0.2) is 0 Å². The molecule has 2 fully saturated rings. The van der Waals surface area contributed by atoms with E-state index in [1.165, 1.54) is 32.2 Å². The highest BCUT2D eigenvalue weighted by atomic mass is 16.3. The van der Waals surface area contributed by atoms with Crippen LogP contribution >= 0.6 is 0 Å². The van der Waals surface area contributed by atoms with Crippen molar-refractivity contribution in [3.8, 4) is 0 Å². The molecule has 1 saturated carbocycles. The van der Waals surface area contributed by atoms with Gasteiger partial charge in [-0.1, -0.05) is 33.6 Å². The largest absolute Gasteiger partial charge is 0.392 e. The summed E-state index contributed by atoms with van der Waals surface area (Å²) < 4.78 is 0. The van der Waals surface area contributed by atoms with E-state index >= 15 is 0 Å². The molecule has 2 N–H and O–H groups in total. The molecule has 1 aliphatic carbocycles. The molecule has 0 aromatic rings. The molecule has 19 heavy (non-hydrogen) atoms. The highest BCUT2D eigenvalue weighted by Gasteiger charge is 2.37. The van der Waals surface area contributed by atoms with Gasteiger partial charge in [0, 0.05) is 32.2 Å². The molecule has 0 aromatic carbocycles. The Morgan fingerprint density at radius 3 is 2.74 bits per heavy atom. The molecule has 0 bridgehead atoms.